The van der Waals surface area contributed by atoms with Crippen LogP contribution in [0.5, 0.6) is 0 Å². The van der Waals surface area contributed by atoms with Gasteiger partial charge in [-0.25, -0.2) is 0 Å². The van der Waals surface area contributed by atoms with Crippen LogP contribution in [0.25, 0.3) is 5.70 Å². The summed E-state index contributed by atoms with van der Waals surface area (Å²) in [7, 11) is 0. The minimum absolute atomic E-state index is 0.932. The highest BCUT2D eigenvalue weighted by Crippen LogP contribution is 2.39. The normalized spacial score (nSPS) is 16.0. The molecular weight excluding hydrogens is 280 g/mol. The fourth-order valence-electron chi connectivity index (χ4n) is 3.86. The van der Waals surface area contributed by atoms with E-state index in [1.165, 1.54) is 46.5 Å². The fraction of sp³-hybridized carbons (Fsp3) is 0.333. The second-order valence-corrected chi connectivity index (χ2v) is 6.74. The van der Waals surface area contributed by atoms with E-state index in [2.05, 4.69) is 66.6 Å². The minimum atomic E-state index is 0.932. The van der Waals surface area contributed by atoms with Crippen molar-refractivity contribution in [2.24, 2.45) is 0 Å². The Balaban J connectivity index is 1.68. The Morgan fingerprint density at radius 1 is 1.09 bits per heavy atom. The van der Waals surface area contributed by atoms with E-state index in [9.17, 15) is 0 Å². The van der Waals surface area contributed by atoms with Gasteiger partial charge in [0.15, 0.2) is 0 Å². The van der Waals surface area contributed by atoms with Gasteiger partial charge in [0.1, 0.15) is 0 Å². The lowest BCUT2D eigenvalue weighted by Gasteiger charge is -2.23. The van der Waals surface area contributed by atoms with Gasteiger partial charge >= 0.3 is 0 Å². The largest absolute Gasteiger partial charge is 0.371 e. The monoisotopic (exact) mass is 304 g/mol. The van der Waals surface area contributed by atoms with E-state index in [4.69, 9.17) is 0 Å². The van der Waals surface area contributed by atoms with Crippen LogP contribution in [0.4, 0.5) is 11.4 Å². The first-order chi connectivity index (χ1) is 11.2. The number of anilines is 2. The van der Waals surface area contributed by atoms with E-state index in [1.54, 1.807) is 0 Å². The number of hydrogen-bond donors (Lipinski definition) is 0. The summed E-state index contributed by atoms with van der Waals surface area (Å²) in [5, 5.41) is 0. The van der Waals surface area contributed by atoms with Gasteiger partial charge in [-0.2, -0.15) is 0 Å². The molecule has 2 heterocycles. The molecule has 4 rings (SSSR count). The van der Waals surface area contributed by atoms with Crippen LogP contribution < -0.4 is 9.80 Å². The molecule has 23 heavy (non-hydrogen) atoms. The fourth-order valence-corrected chi connectivity index (χ4v) is 3.86. The second kappa shape index (κ2) is 5.45. The first-order valence-electron chi connectivity index (χ1n) is 8.61. The van der Waals surface area contributed by atoms with Gasteiger partial charge in [0.25, 0.3) is 0 Å². The van der Waals surface area contributed by atoms with Gasteiger partial charge in [0.05, 0.1) is 0 Å². The number of fused-ring (bicyclic) bond motifs is 2. The van der Waals surface area contributed by atoms with Crippen molar-refractivity contribution in [3.63, 3.8) is 0 Å². The Kier molecular flexibility index (Phi) is 3.41. The van der Waals surface area contributed by atoms with Crippen molar-refractivity contribution in [3.05, 3.63) is 65.2 Å². The maximum atomic E-state index is 4.36. The van der Waals surface area contributed by atoms with Crippen molar-refractivity contribution < 1.29 is 0 Å². The molecule has 0 N–H and O–H groups in total. The molecule has 0 unspecified atom stereocenters. The molecule has 118 valence electrons. The Labute approximate surface area is 139 Å². The standard InChI is InChI=1S/C21H24N2/c1-4-10-22-11-9-17-7-8-19(13-21(17)22)23-14-18-6-5-15(2)12-20(18)16(23)3/h5-8,12-13H,3-4,9-11,14H2,1-2H3. The van der Waals surface area contributed by atoms with E-state index in [-0.39, 0.29) is 0 Å². The molecule has 0 saturated heterocycles. The molecule has 2 nitrogen and oxygen atoms in total. The zero-order chi connectivity index (χ0) is 16.0. The Bertz CT molecular complexity index is 773. The lowest BCUT2D eigenvalue weighted by Crippen LogP contribution is -2.21. The molecule has 0 saturated carbocycles. The first-order valence-corrected chi connectivity index (χ1v) is 8.61. The molecule has 0 radical (unpaired) electrons. The van der Waals surface area contributed by atoms with Crippen LogP contribution in [0.3, 0.4) is 0 Å². The highest BCUT2D eigenvalue weighted by atomic mass is 15.2. The van der Waals surface area contributed by atoms with Crippen LogP contribution >= 0.6 is 0 Å². The van der Waals surface area contributed by atoms with Gasteiger partial charge in [0.2, 0.25) is 0 Å². The van der Waals surface area contributed by atoms with Gasteiger partial charge < -0.3 is 9.80 Å². The molecule has 2 aromatic carbocycles. The second-order valence-electron chi connectivity index (χ2n) is 6.74. The molecule has 0 aromatic heterocycles. The molecule has 0 fully saturated rings. The van der Waals surface area contributed by atoms with Crippen molar-refractivity contribution in [2.75, 3.05) is 22.9 Å². The minimum Gasteiger partial charge on any atom is -0.371 e. The first kappa shape index (κ1) is 14.4. The average molecular weight is 304 g/mol. The van der Waals surface area contributed by atoms with Gasteiger partial charge in [-0.05, 0) is 49.1 Å². The zero-order valence-electron chi connectivity index (χ0n) is 14.1. The van der Waals surface area contributed by atoms with Crippen molar-refractivity contribution in [1.29, 1.82) is 0 Å². The Morgan fingerprint density at radius 2 is 1.91 bits per heavy atom. The maximum Gasteiger partial charge on any atom is 0.0488 e. The molecule has 2 aromatic rings. The number of hydrogen-bond acceptors (Lipinski definition) is 2. The number of nitrogens with zero attached hydrogens (tertiary/aromatic N) is 2. The predicted octanol–water partition coefficient (Wildman–Crippen LogP) is 4.76. The van der Waals surface area contributed by atoms with Crippen LogP contribution in [0, 0.1) is 6.92 Å². The topological polar surface area (TPSA) is 6.48 Å². The summed E-state index contributed by atoms with van der Waals surface area (Å²) < 4.78 is 0. The van der Waals surface area contributed by atoms with Crippen LogP contribution in [0.2, 0.25) is 0 Å². The van der Waals surface area contributed by atoms with Gasteiger partial charge in [-0.3, -0.25) is 0 Å². The highest BCUT2D eigenvalue weighted by Gasteiger charge is 2.25. The van der Waals surface area contributed by atoms with E-state index in [0.717, 1.165) is 25.3 Å². The third-order valence-corrected chi connectivity index (χ3v) is 5.10. The zero-order valence-corrected chi connectivity index (χ0v) is 14.1. The molecule has 0 bridgehead atoms. The SMILES string of the molecule is C=C1c2cc(C)ccc2CN1c1ccc2c(c1)N(CCC)CC2. The third-order valence-electron chi connectivity index (χ3n) is 5.10. The molecule has 0 spiro atoms. The van der Waals surface area contributed by atoms with E-state index >= 15 is 0 Å². The summed E-state index contributed by atoms with van der Waals surface area (Å²) in [6.07, 6.45) is 2.38. The summed E-state index contributed by atoms with van der Waals surface area (Å²) in [6.45, 7) is 12.0. The summed E-state index contributed by atoms with van der Waals surface area (Å²) in [4.78, 5) is 4.88. The number of benzene rings is 2. The molecular formula is C21H24N2. The van der Waals surface area contributed by atoms with Crippen molar-refractivity contribution in [3.8, 4) is 0 Å². The molecule has 2 heteroatoms. The Hall–Kier alpha value is -2.22. The average Bonchev–Trinajstić information content (AvgIpc) is 3.09. The van der Waals surface area contributed by atoms with E-state index < -0.39 is 0 Å². The summed E-state index contributed by atoms with van der Waals surface area (Å²) in [6, 6.07) is 13.6. The van der Waals surface area contributed by atoms with Gasteiger partial charge in [-0.1, -0.05) is 37.3 Å². The van der Waals surface area contributed by atoms with Crippen molar-refractivity contribution in [1.82, 2.24) is 0 Å². The van der Waals surface area contributed by atoms with Gasteiger partial charge in [-0.15, -0.1) is 0 Å². The number of aryl methyl sites for hydroxylation is 1. The lowest BCUT2D eigenvalue weighted by atomic mass is 10.1. The predicted molar refractivity (Wildman–Crippen MR) is 99.0 cm³/mol. The highest BCUT2D eigenvalue weighted by molar-refractivity contribution is 5.85. The van der Waals surface area contributed by atoms with Crippen LogP contribution in [0.15, 0.2) is 43.0 Å². The van der Waals surface area contributed by atoms with E-state index in [1.807, 2.05) is 0 Å². The Morgan fingerprint density at radius 3 is 2.74 bits per heavy atom. The van der Waals surface area contributed by atoms with Crippen molar-refractivity contribution >= 4 is 17.1 Å². The lowest BCUT2D eigenvalue weighted by molar-refractivity contribution is 0.796. The third kappa shape index (κ3) is 2.33. The summed E-state index contributed by atoms with van der Waals surface area (Å²) in [5.74, 6) is 0. The van der Waals surface area contributed by atoms with Crippen LogP contribution in [0.1, 0.15) is 35.6 Å². The quantitative estimate of drug-likeness (QED) is 0.807. The molecule has 2 aliphatic heterocycles. The maximum absolute atomic E-state index is 4.36. The van der Waals surface area contributed by atoms with Crippen LogP contribution in [-0.4, -0.2) is 13.1 Å². The molecule has 0 atom stereocenters. The van der Waals surface area contributed by atoms with Gasteiger partial charge in [0, 0.05) is 42.3 Å². The smallest absolute Gasteiger partial charge is 0.0488 e. The molecule has 0 amide bonds. The summed E-state index contributed by atoms with van der Waals surface area (Å²) >= 11 is 0. The number of rotatable bonds is 3. The summed E-state index contributed by atoms with van der Waals surface area (Å²) in [5.41, 5.74) is 9.29. The van der Waals surface area contributed by atoms with Crippen molar-refractivity contribution in [2.45, 2.75) is 33.2 Å². The van der Waals surface area contributed by atoms with Crippen LogP contribution in [-0.2, 0) is 13.0 Å². The molecule has 0 aliphatic carbocycles. The van der Waals surface area contributed by atoms with E-state index in [0.29, 0.717) is 0 Å². The molecule has 2 aliphatic rings.